The maximum absolute atomic E-state index is 10.2. The van der Waals surface area contributed by atoms with Crippen LogP contribution in [0.5, 0.6) is 0 Å². The lowest BCUT2D eigenvalue weighted by Gasteiger charge is -1.99. The molecule has 17 heavy (non-hydrogen) atoms. The lowest BCUT2D eigenvalue weighted by molar-refractivity contribution is 0.0697. The first-order valence-electron chi connectivity index (χ1n) is 5.48. The third-order valence-corrected chi connectivity index (χ3v) is 2.22. The third kappa shape index (κ3) is 5.68. The summed E-state index contributed by atoms with van der Waals surface area (Å²) in [5.74, 6) is -0.879. The number of aromatic carboxylic acids is 1. The van der Waals surface area contributed by atoms with E-state index < -0.39 is 5.97 Å². The van der Waals surface area contributed by atoms with Crippen molar-refractivity contribution in [2.24, 2.45) is 0 Å². The van der Waals surface area contributed by atoms with E-state index in [0.29, 0.717) is 5.56 Å². The van der Waals surface area contributed by atoms with Gasteiger partial charge in [0.1, 0.15) is 0 Å². The quantitative estimate of drug-likeness (QED) is 0.782. The van der Waals surface area contributed by atoms with Gasteiger partial charge in [0.05, 0.1) is 11.7 Å². The van der Waals surface area contributed by atoms with Crippen LogP contribution in [0.4, 0.5) is 0 Å². The van der Waals surface area contributed by atoms with E-state index in [1.54, 1.807) is 30.3 Å². The molecule has 2 rings (SSSR count). The van der Waals surface area contributed by atoms with Crippen LogP contribution in [-0.4, -0.2) is 22.3 Å². The van der Waals surface area contributed by atoms with Gasteiger partial charge in [-0.3, -0.25) is 0 Å². The standard InChI is InChI=1S/C7H6O2.C7H10O/c8-7(9)6-4-2-1-3-5-6;8-7-5-3-1-2-4-6-7/h1-5H,(H,8,9);1-4,7-8H,5-6H2. The van der Waals surface area contributed by atoms with Crippen molar-refractivity contribution in [3.8, 4) is 0 Å². The Balaban J connectivity index is 0.000000171. The number of hydrogen-bond acceptors (Lipinski definition) is 2. The molecule has 0 aliphatic heterocycles. The van der Waals surface area contributed by atoms with E-state index in [2.05, 4.69) is 0 Å². The van der Waals surface area contributed by atoms with E-state index in [9.17, 15) is 4.79 Å². The number of aliphatic hydroxyl groups is 1. The molecule has 90 valence electrons. The second-order valence-corrected chi connectivity index (χ2v) is 3.65. The van der Waals surface area contributed by atoms with Crippen molar-refractivity contribution in [1.82, 2.24) is 0 Å². The first kappa shape index (κ1) is 13.2. The van der Waals surface area contributed by atoms with E-state index in [0.717, 1.165) is 12.8 Å². The minimum Gasteiger partial charge on any atom is -0.478 e. The van der Waals surface area contributed by atoms with Crippen LogP contribution in [0.1, 0.15) is 23.2 Å². The first-order valence-corrected chi connectivity index (χ1v) is 5.48. The molecule has 0 saturated carbocycles. The SMILES string of the molecule is O=C(O)c1ccccc1.OC1CC=CC=CC1. The van der Waals surface area contributed by atoms with E-state index >= 15 is 0 Å². The summed E-state index contributed by atoms with van der Waals surface area (Å²) in [6.45, 7) is 0. The van der Waals surface area contributed by atoms with E-state index in [1.165, 1.54) is 0 Å². The Morgan fingerprint density at radius 1 is 1.06 bits per heavy atom. The van der Waals surface area contributed by atoms with Crippen LogP contribution < -0.4 is 0 Å². The van der Waals surface area contributed by atoms with Crippen LogP contribution in [0.2, 0.25) is 0 Å². The average Bonchev–Trinajstić information content (AvgIpc) is 2.59. The molecule has 0 bridgehead atoms. The van der Waals surface area contributed by atoms with Crippen LogP contribution in [-0.2, 0) is 0 Å². The summed E-state index contributed by atoms with van der Waals surface area (Å²) in [5.41, 5.74) is 0.331. The fraction of sp³-hybridized carbons (Fsp3) is 0.214. The number of allylic oxidation sites excluding steroid dienone is 2. The normalized spacial score (nSPS) is 14.6. The Kier molecular flexibility index (Phi) is 5.75. The Bertz CT molecular complexity index is 379. The van der Waals surface area contributed by atoms with E-state index in [1.807, 2.05) is 24.3 Å². The van der Waals surface area contributed by atoms with Crippen LogP contribution in [0, 0.1) is 0 Å². The summed E-state index contributed by atoms with van der Waals surface area (Å²) < 4.78 is 0. The molecule has 3 heteroatoms. The predicted molar refractivity (Wildman–Crippen MR) is 66.9 cm³/mol. The molecular formula is C14H16O3. The highest BCUT2D eigenvalue weighted by molar-refractivity contribution is 5.87. The molecule has 0 spiro atoms. The number of carboxylic acids is 1. The van der Waals surface area contributed by atoms with Crippen LogP contribution in [0.15, 0.2) is 54.6 Å². The van der Waals surface area contributed by atoms with Crippen molar-refractivity contribution in [3.05, 3.63) is 60.2 Å². The molecule has 1 aromatic carbocycles. The smallest absolute Gasteiger partial charge is 0.335 e. The molecular weight excluding hydrogens is 216 g/mol. The summed E-state index contributed by atoms with van der Waals surface area (Å²) in [4.78, 5) is 10.2. The molecule has 0 atom stereocenters. The van der Waals surface area contributed by atoms with Gasteiger partial charge >= 0.3 is 5.97 Å². The van der Waals surface area contributed by atoms with Crippen molar-refractivity contribution in [2.45, 2.75) is 18.9 Å². The molecule has 1 aliphatic rings. The third-order valence-electron chi connectivity index (χ3n) is 2.22. The highest BCUT2D eigenvalue weighted by Crippen LogP contribution is 2.03. The summed E-state index contributed by atoms with van der Waals surface area (Å²) in [5, 5.41) is 17.4. The number of carboxylic acid groups (broad SMARTS) is 1. The zero-order valence-corrected chi connectivity index (χ0v) is 9.49. The van der Waals surface area contributed by atoms with Gasteiger partial charge in [0.25, 0.3) is 0 Å². The van der Waals surface area contributed by atoms with Gasteiger partial charge in [-0.15, -0.1) is 0 Å². The van der Waals surface area contributed by atoms with E-state index in [-0.39, 0.29) is 6.10 Å². The topological polar surface area (TPSA) is 57.5 Å². The summed E-state index contributed by atoms with van der Waals surface area (Å²) in [6, 6.07) is 8.30. The van der Waals surface area contributed by atoms with Crippen LogP contribution in [0.25, 0.3) is 0 Å². The second-order valence-electron chi connectivity index (χ2n) is 3.65. The maximum Gasteiger partial charge on any atom is 0.335 e. The molecule has 0 fully saturated rings. The van der Waals surface area contributed by atoms with Gasteiger partial charge in [-0.1, -0.05) is 42.5 Å². The van der Waals surface area contributed by atoms with Crippen molar-refractivity contribution in [1.29, 1.82) is 0 Å². The Labute approximate surface area is 101 Å². The van der Waals surface area contributed by atoms with Crippen LogP contribution >= 0.6 is 0 Å². The molecule has 0 saturated heterocycles. The van der Waals surface area contributed by atoms with Gasteiger partial charge < -0.3 is 10.2 Å². The molecule has 0 amide bonds. The lowest BCUT2D eigenvalue weighted by atomic mass is 10.2. The zero-order chi connectivity index (χ0) is 12.5. The minimum absolute atomic E-state index is 0.148. The first-order chi connectivity index (χ1) is 8.20. The number of aliphatic hydroxyl groups excluding tert-OH is 1. The van der Waals surface area contributed by atoms with Gasteiger partial charge in [-0.05, 0) is 25.0 Å². The number of rotatable bonds is 1. The number of benzene rings is 1. The molecule has 3 nitrogen and oxygen atoms in total. The maximum atomic E-state index is 10.2. The molecule has 0 aromatic heterocycles. The number of carbonyl (C=O) groups is 1. The van der Waals surface area contributed by atoms with Crippen LogP contribution in [0.3, 0.4) is 0 Å². The van der Waals surface area contributed by atoms with Gasteiger partial charge in [-0.25, -0.2) is 4.79 Å². The molecule has 1 aromatic rings. The minimum atomic E-state index is -0.879. The van der Waals surface area contributed by atoms with Gasteiger partial charge in [-0.2, -0.15) is 0 Å². The molecule has 0 unspecified atom stereocenters. The predicted octanol–water partition coefficient (Wildman–Crippen LogP) is 2.64. The van der Waals surface area contributed by atoms with Gasteiger partial charge in [0.2, 0.25) is 0 Å². The van der Waals surface area contributed by atoms with Crippen molar-refractivity contribution >= 4 is 5.97 Å². The molecule has 0 heterocycles. The second kappa shape index (κ2) is 7.41. The fourth-order valence-electron chi connectivity index (χ4n) is 1.31. The van der Waals surface area contributed by atoms with Crippen molar-refractivity contribution < 1.29 is 15.0 Å². The van der Waals surface area contributed by atoms with Crippen molar-refractivity contribution in [2.75, 3.05) is 0 Å². The van der Waals surface area contributed by atoms with Gasteiger partial charge in [0.15, 0.2) is 0 Å². The highest BCUT2D eigenvalue weighted by atomic mass is 16.4. The average molecular weight is 232 g/mol. The molecule has 0 radical (unpaired) electrons. The summed E-state index contributed by atoms with van der Waals surface area (Å²) >= 11 is 0. The zero-order valence-electron chi connectivity index (χ0n) is 9.49. The number of hydrogen-bond donors (Lipinski definition) is 2. The van der Waals surface area contributed by atoms with Gasteiger partial charge in [0, 0.05) is 0 Å². The lowest BCUT2D eigenvalue weighted by Crippen LogP contribution is -2.00. The largest absolute Gasteiger partial charge is 0.478 e. The van der Waals surface area contributed by atoms with E-state index in [4.69, 9.17) is 10.2 Å². The Morgan fingerprint density at radius 2 is 1.59 bits per heavy atom. The molecule has 1 aliphatic carbocycles. The fourth-order valence-corrected chi connectivity index (χ4v) is 1.31. The highest BCUT2D eigenvalue weighted by Gasteiger charge is 1.98. The molecule has 2 N–H and O–H groups in total. The Hall–Kier alpha value is -1.87. The monoisotopic (exact) mass is 232 g/mol. The summed E-state index contributed by atoms with van der Waals surface area (Å²) in [7, 11) is 0. The summed E-state index contributed by atoms with van der Waals surface area (Å²) in [6.07, 6.45) is 9.35. The Morgan fingerprint density at radius 3 is 2.00 bits per heavy atom. The van der Waals surface area contributed by atoms with Crippen molar-refractivity contribution in [3.63, 3.8) is 0 Å².